The van der Waals surface area contributed by atoms with E-state index in [0.717, 1.165) is 11.3 Å². The minimum atomic E-state index is -0.802. The summed E-state index contributed by atoms with van der Waals surface area (Å²) in [6.45, 7) is 3.41. The number of hydrogen-bond donors (Lipinski definition) is 1. The predicted molar refractivity (Wildman–Crippen MR) is 113 cm³/mol. The average Bonchev–Trinajstić information content (AvgIpc) is 3.18. The van der Waals surface area contributed by atoms with Gasteiger partial charge < -0.3 is 14.5 Å². The zero-order valence-corrected chi connectivity index (χ0v) is 17.3. The van der Waals surface area contributed by atoms with Crippen LogP contribution in [0.1, 0.15) is 35.7 Å². The summed E-state index contributed by atoms with van der Waals surface area (Å²) < 4.78 is 7.89. The van der Waals surface area contributed by atoms with Crippen LogP contribution in [0.4, 0.5) is 5.69 Å². The largest absolute Gasteiger partial charge is 0.419 e. The van der Waals surface area contributed by atoms with Crippen LogP contribution in [-0.4, -0.2) is 29.3 Å². The lowest BCUT2D eigenvalue weighted by atomic mass is 9.94. The number of nitrogens with zero attached hydrogens (tertiary/aromatic N) is 3. The molecule has 1 aromatic heterocycles. The fraction of sp³-hybridized carbons (Fsp3) is 0.286. The molecule has 3 aromatic rings. The molecule has 1 heterocycles. The van der Waals surface area contributed by atoms with E-state index >= 15 is 0 Å². The van der Waals surface area contributed by atoms with Gasteiger partial charge >= 0.3 is 0 Å². The van der Waals surface area contributed by atoms with Crippen LogP contribution in [0.5, 0.6) is 0 Å². The van der Waals surface area contributed by atoms with E-state index in [9.17, 15) is 4.79 Å². The first-order valence-corrected chi connectivity index (χ1v) is 10.1. The van der Waals surface area contributed by atoms with E-state index in [1.54, 1.807) is 18.0 Å². The van der Waals surface area contributed by atoms with Gasteiger partial charge in [0.05, 0.1) is 5.54 Å². The summed E-state index contributed by atoms with van der Waals surface area (Å²) in [5.74, 6) is 0.683. The van der Waals surface area contributed by atoms with Gasteiger partial charge in [-0.2, -0.15) is 0 Å². The van der Waals surface area contributed by atoms with E-state index < -0.39 is 5.54 Å². The third-order valence-corrected chi connectivity index (χ3v) is 5.30. The number of carbonyl (C=O) groups is 1. The maximum Gasteiger partial charge on any atom is 0.247 e. The van der Waals surface area contributed by atoms with E-state index in [4.69, 9.17) is 10.2 Å². The molecule has 0 bridgehead atoms. The maximum absolute atomic E-state index is 11.9. The first kappa shape index (κ1) is 20.1. The van der Waals surface area contributed by atoms with Crippen molar-refractivity contribution in [1.29, 1.82) is 0 Å². The molecule has 3 rings (SSSR count). The van der Waals surface area contributed by atoms with Crippen LogP contribution >= 0.6 is 11.9 Å². The summed E-state index contributed by atoms with van der Waals surface area (Å²) in [5, 5.41) is 8.37. The predicted octanol–water partition coefficient (Wildman–Crippen LogP) is 4.07. The lowest BCUT2D eigenvalue weighted by Crippen LogP contribution is -2.35. The Bertz CT molecular complexity index is 970. The van der Waals surface area contributed by atoms with Crippen LogP contribution in [0.2, 0.25) is 0 Å². The van der Waals surface area contributed by atoms with Crippen LogP contribution in [0.15, 0.2) is 52.9 Å². The molecule has 0 unspecified atom stereocenters. The number of anilines is 1. The number of hydrogen-bond acceptors (Lipinski definition) is 7. The van der Waals surface area contributed by atoms with E-state index in [1.807, 2.05) is 67.0 Å². The monoisotopic (exact) mass is 396 g/mol. The molecule has 0 saturated carbocycles. The molecule has 0 spiro atoms. The number of nitrogens with two attached hydrogens (primary N) is 1. The Balaban J connectivity index is 1.95. The lowest BCUT2D eigenvalue weighted by Gasteiger charge is -2.20. The van der Waals surface area contributed by atoms with Crippen molar-refractivity contribution in [2.75, 3.05) is 17.6 Å². The Kier molecular flexibility index (Phi) is 5.86. The van der Waals surface area contributed by atoms with Crippen molar-refractivity contribution >= 4 is 23.4 Å². The Morgan fingerprint density at radius 3 is 2.57 bits per heavy atom. The van der Waals surface area contributed by atoms with Crippen LogP contribution in [0, 0.1) is 0 Å². The minimum absolute atomic E-state index is 0.0231. The first-order chi connectivity index (χ1) is 13.3. The maximum atomic E-state index is 11.9. The fourth-order valence-corrected chi connectivity index (χ4v) is 3.21. The van der Waals surface area contributed by atoms with Crippen LogP contribution in [0.3, 0.4) is 0 Å². The van der Waals surface area contributed by atoms with Crippen molar-refractivity contribution in [2.24, 2.45) is 5.73 Å². The summed E-state index contributed by atoms with van der Waals surface area (Å²) >= 11 is 1.55. The highest BCUT2D eigenvalue weighted by atomic mass is 32.2. The lowest BCUT2D eigenvalue weighted by molar-refractivity contribution is 0.101. The van der Waals surface area contributed by atoms with Gasteiger partial charge in [-0.3, -0.25) is 4.79 Å². The highest BCUT2D eigenvalue weighted by molar-refractivity contribution is 7.99. The Morgan fingerprint density at radius 1 is 1.21 bits per heavy atom. The van der Waals surface area contributed by atoms with Gasteiger partial charge in [-0.05, 0) is 44.0 Å². The molecule has 0 saturated heterocycles. The Morgan fingerprint density at radius 2 is 1.93 bits per heavy atom. The van der Waals surface area contributed by atoms with Gasteiger partial charge in [0.25, 0.3) is 0 Å². The molecule has 6 nitrogen and oxygen atoms in total. The number of Topliss-reactive ketones (excluding diaryl/α,β-unsaturated/α-hetero) is 1. The molecule has 0 aliphatic carbocycles. The molecular weight excluding hydrogens is 372 g/mol. The SMILES string of the molecule is CSN(C)c1cc(C(C)=O)cc(-c2nnc([C@](C)(N)Cc3ccccc3)o2)c1. The molecule has 2 aromatic carbocycles. The van der Waals surface area contributed by atoms with Crippen LogP contribution in [-0.2, 0) is 12.0 Å². The third kappa shape index (κ3) is 4.43. The third-order valence-electron chi connectivity index (χ3n) is 4.54. The second-order valence-corrected chi connectivity index (χ2v) is 7.91. The highest BCUT2D eigenvalue weighted by Gasteiger charge is 2.29. The normalized spacial score (nSPS) is 13.2. The number of rotatable bonds is 7. The molecule has 28 heavy (non-hydrogen) atoms. The highest BCUT2D eigenvalue weighted by Crippen LogP contribution is 2.30. The van der Waals surface area contributed by atoms with Gasteiger partial charge in [-0.1, -0.05) is 42.3 Å². The van der Waals surface area contributed by atoms with Crippen molar-refractivity contribution in [3.05, 3.63) is 65.5 Å². The van der Waals surface area contributed by atoms with Gasteiger partial charge in [0.1, 0.15) is 0 Å². The van der Waals surface area contributed by atoms with Crippen molar-refractivity contribution < 1.29 is 9.21 Å². The second-order valence-electron chi connectivity index (χ2n) is 7.00. The van der Waals surface area contributed by atoms with Crippen molar-refractivity contribution in [3.8, 4) is 11.5 Å². The summed E-state index contributed by atoms with van der Waals surface area (Å²) in [4.78, 5) is 11.9. The van der Waals surface area contributed by atoms with Gasteiger partial charge in [0, 0.05) is 30.1 Å². The summed E-state index contributed by atoms with van der Waals surface area (Å²) in [6.07, 6.45) is 2.54. The van der Waals surface area contributed by atoms with Gasteiger partial charge in [0.15, 0.2) is 5.78 Å². The standard InChI is InChI=1S/C21H24N4O2S/c1-14(26)16-10-17(12-18(11-16)25(3)28-4)19-23-24-20(27-19)21(2,22)13-15-8-6-5-7-9-15/h5-12H,13,22H2,1-4H3/t21-/m1/s1. The van der Waals surface area contributed by atoms with Crippen LogP contribution < -0.4 is 10.0 Å². The number of ketones is 1. The quantitative estimate of drug-likeness (QED) is 0.476. The number of aromatic nitrogens is 2. The van der Waals surface area contributed by atoms with Crippen molar-refractivity contribution in [3.63, 3.8) is 0 Å². The first-order valence-electron chi connectivity index (χ1n) is 8.91. The molecular formula is C21H24N4O2S. The summed E-state index contributed by atoms with van der Waals surface area (Å²) in [6, 6.07) is 15.5. The molecule has 2 N–H and O–H groups in total. The summed E-state index contributed by atoms with van der Waals surface area (Å²) in [5.41, 5.74) is 8.93. The molecule has 7 heteroatoms. The Hall–Kier alpha value is -2.64. The molecule has 0 fully saturated rings. The smallest absolute Gasteiger partial charge is 0.247 e. The molecule has 0 aliphatic rings. The zero-order chi connectivity index (χ0) is 20.3. The van der Waals surface area contributed by atoms with Gasteiger partial charge in [-0.25, -0.2) is 0 Å². The zero-order valence-electron chi connectivity index (χ0n) is 16.5. The van der Waals surface area contributed by atoms with E-state index in [-0.39, 0.29) is 5.78 Å². The number of carbonyl (C=O) groups excluding carboxylic acids is 1. The van der Waals surface area contributed by atoms with E-state index in [1.165, 1.54) is 6.92 Å². The van der Waals surface area contributed by atoms with E-state index in [0.29, 0.717) is 29.3 Å². The molecule has 0 radical (unpaired) electrons. The fourth-order valence-electron chi connectivity index (χ4n) is 2.89. The van der Waals surface area contributed by atoms with Crippen molar-refractivity contribution in [2.45, 2.75) is 25.8 Å². The van der Waals surface area contributed by atoms with Crippen LogP contribution in [0.25, 0.3) is 11.5 Å². The van der Waals surface area contributed by atoms with Crippen molar-refractivity contribution in [1.82, 2.24) is 10.2 Å². The molecule has 0 aliphatic heterocycles. The van der Waals surface area contributed by atoms with E-state index in [2.05, 4.69) is 10.2 Å². The summed E-state index contributed by atoms with van der Waals surface area (Å²) in [7, 11) is 1.93. The molecule has 1 atom stereocenters. The number of benzene rings is 2. The Labute approximate surface area is 169 Å². The van der Waals surface area contributed by atoms with Gasteiger partial charge in [-0.15, -0.1) is 10.2 Å². The van der Waals surface area contributed by atoms with Gasteiger partial charge in [0.2, 0.25) is 11.8 Å². The molecule has 0 amide bonds. The average molecular weight is 397 g/mol. The topological polar surface area (TPSA) is 85.2 Å². The minimum Gasteiger partial charge on any atom is -0.419 e. The molecule has 146 valence electrons. The second kappa shape index (κ2) is 8.16.